The fourth-order valence-electron chi connectivity index (χ4n) is 5.47. The van der Waals surface area contributed by atoms with Crippen LogP contribution in [0.25, 0.3) is 10.9 Å². The van der Waals surface area contributed by atoms with Gasteiger partial charge >= 0.3 is 12.6 Å². The summed E-state index contributed by atoms with van der Waals surface area (Å²) < 4.78 is 30.4. The summed E-state index contributed by atoms with van der Waals surface area (Å²) >= 11 is 0. The van der Waals surface area contributed by atoms with Crippen molar-refractivity contribution >= 4 is 22.8 Å². The molecule has 1 aromatic heterocycles. The van der Waals surface area contributed by atoms with Gasteiger partial charge in [0.15, 0.2) is 0 Å². The van der Waals surface area contributed by atoms with Crippen molar-refractivity contribution in [3.8, 4) is 11.5 Å². The Morgan fingerprint density at radius 2 is 2.11 bits per heavy atom. The molecule has 10 heteroatoms. The first-order chi connectivity index (χ1) is 17.7. The highest BCUT2D eigenvalue weighted by molar-refractivity contribution is 6.08. The van der Waals surface area contributed by atoms with Gasteiger partial charge in [0.25, 0.3) is 5.91 Å². The number of carbonyl (C=O) groups excluding carboxylic acids is 2. The van der Waals surface area contributed by atoms with Gasteiger partial charge in [-0.15, -0.1) is 6.58 Å². The van der Waals surface area contributed by atoms with Crippen LogP contribution in [0.4, 0.5) is 13.6 Å². The average Bonchev–Trinajstić information content (AvgIpc) is 3.29. The van der Waals surface area contributed by atoms with Crippen LogP contribution in [-0.4, -0.2) is 63.6 Å². The molecule has 2 aliphatic heterocycles. The lowest BCUT2D eigenvalue weighted by Crippen LogP contribution is -2.53. The third-order valence-electron chi connectivity index (χ3n) is 7.07. The number of nitrogens with one attached hydrogen (secondary N) is 2. The van der Waals surface area contributed by atoms with E-state index in [4.69, 9.17) is 0 Å². The number of phenolic OH excluding ortho intramolecular Hbond substituents is 1. The molecule has 3 amide bonds. The highest BCUT2D eigenvalue weighted by atomic mass is 19.3. The number of alkyl halides is 2. The summed E-state index contributed by atoms with van der Waals surface area (Å²) in [6.45, 7) is 3.93. The van der Waals surface area contributed by atoms with Crippen molar-refractivity contribution in [2.45, 2.75) is 38.0 Å². The molecule has 194 valence electrons. The maximum absolute atomic E-state index is 13.8. The first-order valence-electron chi connectivity index (χ1n) is 12.1. The molecule has 1 saturated heterocycles. The van der Waals surface area contributed by atoms with Crippen LogP contribution in [0, 0.1) is 0 Å². The Kier molecular flexibility index (Phi) is 6.36. The topological polar surface area (TPSA) is 97.9 Å². The number of imide groups is 1. The number of ether oxygens (including phenoxy) is 1. The van der Waals surface area contributed by atoms with Gasteiger partial charge in [0.05, 0.1) is 0 Å². The molecule has 2 atom stereocenters. The first-order valence-corrected chi connectivity index (χ1v) is 12.1. The first kappa shape index (κ1) is 24.8. The number of aromatic nitrogens is 1. The molecule has 5 rings (SSSR count). The van der Waals surface area contributed by atoms with Gasteiger partial charge in [0.2, 0.25) is 0 Å². The van der Waals surface area contributed by atoms with Gasteiger partial charge in [-0.1, -0.05) is 18.2 Å². The fourth-order valence-corrected chi connectivity index (χ4v) is 5.47. The van der Waals surface area contributed by atoms with Crippen LogP contribution in [0.1, 0.15) is 36.2 Å². The van der Waals surface area contributed by atoms with Crippen molar-refractivity contribution in [3.63, 3.8) is 0 Å². The second-order valence-corrected chi connectivity index (χ2v) is 9.51. The number of phenols is 1. The number of carbonyl (C=O) groups is 2. The normalized spacial score (nSPS) is 21.0. The van der Waals surface area contributed by atoms with Crippen LogP contribution in [0.3, 0.4) is 0 Å². The Morgan fingerprint density at radius 1 is 1.30 bits per heavy atom. The third-order valence-corrected chi connectivity index (χ3v) is 7.07. The van der Waals surface area contributed by atoms with Crippen LogP contribution < -0.4 is 10.1 Å². The average molecular weight is 511 g/mol. The summed E-state index contributed by atoms with van der Waals surface area (Å²) in [5.41, 5.74) is 1.51. The summed E-state index contributed by atoms with van der Waals surface area (Å²) in [6, 6.07) is 10.1. The standard InChI is InChI=1S/C27H28F2N4O4/c1-3-10-30-11-5-12-32-24(35)27(2)15-20-19-14-18(37-25(28)29)8-9-21(19)31-22(20)23(33(27)26(32)36)16-6-4-7-17(34)13-16/h3-4,6-9,13-14,23,25,30-31,34H,1,5,10-12,15H2,2H3/t23-,27+/m1/s1. The molecule has 2 aliphatic rings. The largest absolute Gasteiger partial charge is 0.508 e. The molecule has 0 bridgehead atoms. The summed E-state index contributed by atoms with van der Waals surface area (Å²) in [4.78, 5) is 33.7. The molecule has 8 nitrogen and oxygen atoms in total. The van der Waals surface area contributed by atoms with Crippen molar-refractivity contribution in [1.29, 1.82) is 0 Å². The van der Waals surface area contributed by atoms with Crippen molar-refractivity contribution in [1.82, 2.24) is 20.1 Å². The SMILES string of the molecule is C=CCNCCCN1C(=O)N2[C@H](c3cccc(O)c3)c3[nH]c4ccc(OC(F)F)cc4c3C[C@@]2(C)C1=O. The molecule has 3 N–H and O–H groups in total. The number of halogens is 2. The molecule has 1 fully saturated rings. The number of rotatable bonds is 9. The number of hydrogen-bond donors (Lipinski definition) is 3. The fraction of sp³-hybridized carbons (Fsp3) is 0.333. The van der Waals surface area contributed by atoms with Crippen LogP contribution in [0.15, 0.2) is 55.1 Å². The van der Waals surface area contributed by atoms with Gasteiger partial charge in [-0.3, -0.25) is 14.6 Å². The Balaban J connectivity index is 1.60. The Labute approximate surface area is 212 Å². The minimum absolute atomic E-state index is 0.00765. The van der Waals surface area contributed by atoms with Crippen molar-refractivity contribution in [3.05, 3.63) is 71.9 Å². The predicted molar refractivity (Wildman–Crippen MR) is 134 cm³/mol. The van der Waals surface area contributed by atoms with E-state index in [0.717, 1.165) is 5.56 Å². The molecule has 2 aromatic carbocycles. The van der Waals surface area contributed by atoms with Crippen molar-refractivity contribution < 1.29 is 28.2 Å². The zero-order valence-electron chi connectivity index (χ0n) is 20.3. The molecular formula is C27H28F2N4O4. The lowest BCUT2D eigenvalue weighted by atomic mass is 9.81. The lowest BCUT2D eigenvalue weighted by molar-refractivity contribution is -0.133. The minimum atomic E-state index is -2.97. The number of hydrogen-bond acceptors (Lipinski definition) is 5. The molecule has 3 aromatic rings. The monoisotopic (exact) mass is 510 g/mol. The number of urea groups is 1. The van der Waals surface area contributed by atoms with E-state index in [2.05, 4.69) is 21.6 Å². The maximum Gasteiger partial charge on any atom is 0.387 e. The number of aromatic hydroxyl groups is 1. The van der Waals surface area contributed by atoms with Gasteiger partial charge in [-0.2, -0.15) is 8.78 Å². The molecule has 37 heavy (non-hydrogen) atoms. The molecule has 0 aliphatic carbocycles. The summed E-state index contributed by atoms with van der Waals surface area (Å²) in [5.74, 6) is -0.280. The van der Waals surface area contributed by atoms with E-state index >= 15 is 0 Å². The maximum atomic E-state index is 13.8. The van der Waals surface area contributed by atoms with E-state index in [1.54, 1.807) is 42.2 Å². The molecule has 0 radical (unpaired) electrons. The van der Waals surface area contributed by atoms with Crippen molar-refractivity contribution in [2.75, 3.05) is 19.6 Å². The summed E-state index contributed by atoms with van der Waals surface area (Å²) in [5, 5.41) is 14.0. The smallest absolute Gasteiger partial charge is 0.387 e. The highest BCUT2D eigenvalue weighted by Crippen LogP contribution is 2.49. The molecule has 0 saturated carbocycles. The number of amides is 3. The molecule has 3 heterocycles. The molecule has 0 spiro atoms. The van der Waals surface area contributed by atoms with E-state index in [0.29, 0.717) is 41.7 Å². The third kappa shape index (κ3) is 4.21. The second-order valence-electron chi connectivity index (χ2n) is 9.51. The predicted octanol–water partition coefficient (Wildman–Crippen LogP) is 4.31. The Hall–Kier alpha value is -3.92. The van der Waals surface area contributed by atoms with E-state index < -0.39 is 24.2 Å². The Morgan fingerprint density at radius 3 is 2.84 bits per heavy atom. The van der Waals surface area contributed by atoms with Gasteiger partial charge < -0.3 is 20.1 Å². The summed E-state index contributed by atoms with van der Waals surface area (Å²) in [6.07, 6.45) is 2.52. The zero-order chi connectivity index (χ0) is 26.3. The highest BCUT2D eigenvalue weighted by Gasteiger charge is 2.60. The second kappa shape index (κ2) is 9.51. The lowest BCUT2D eigenvalue weighted by Gasteiger charge is -2.42. The van der Waals surface area contributed by atoms with Crippen molar-refractivity contribution in [2.24, 2.45) is 0 Å². The Bertz CT molecular complexity index is 1370. The van der Waals surface area contributed by atoms with E-state index in [9.17, 15) is 23.5 Å². The van der Waals surface area contributed by atoms with E-state index in [1.807, 2.05) is 0 Å². The number of aromatic amines is 1. The van der Waals surface area contributed by atoms with Crippen LogP contribution in [0.2, 0.25) is 0 Å². The van der Waals surface area contributed by atoms with Crippen LogP contribution in [-0.2, 0) is 11.2 Å². The number of nitrogens with zero attached hydrogens (tertiary/aromatic N) is 2. The minimum Gasteiger partial charge on any atom is -0.508 e. The molecule has 0 unspecified atom stereocenters. The van der Waals surface area contributed by atoms with Crippen LogP contribution >= 0.6 is 0 Å². The number of H-pyrrole nitrogens is 1. The van der Waals surface area contributed by atoms with Crippen LogP contribution in [0.5, 0.6) is 11.5 Å². The van der Waals surface area contributed by atoms with Gasteiger partial charge in [-0.05, 0) is 61.3 Å². The molecular weight excluding hydrogens is 482 g/mol. The van der Waals surface area contributed by atoms with Gasteiger partial charge in [-0.25, -0.2) is 4.79 Å². The summed E-state index contributed by atoms with van der Waals surface area (Å²) in [7, 11) is 0. The van der Waals surface area contributed by atoms with Gasteiger partial charge in [0, 0.05) is 36.1 Å². The van der Waals surface area contributed by atoms with Gasteiger partial charge in [0.1, 0.15) is 23.1 Å². The zero-order valence-corrected chi connectivity index (χ0v) is 20.3. The number of fused-ring (bicyclic) bond motifs is 4. The van der Waals surface area contributed by atoms with E-state index in [-0.39, 0.29) is 30.4 Å². The number of benzene rings is 2. The van der Waals surface area contributed by atoms with E-state index in [1.165, 1.54) is 23.1 Å². The quantitative estimate of drug-likeness (QED) is 0.226.